The molecule has 0 spiro atoms. The maximum Gasteiger partial charge on any atom is 0.279 e. The molecule has 0 fully saturated rings. The van der Waals surface area contributed by atoms with Crippen LogP contribution in [0.3, 0.4) is 0 Å². The van der Waals surface area contributed by atoms with Crippen molar-refractivity contribution in [2.75, 3.05) is 11.5 Å². The molecule has 0 heterocycles. The lowest BCUT2D eigenvalue weighted by Crippen LogP contribution is -2.06. The number of nitro benzene ring substituents is 1. The minimum atomic E-state index is -0.448. The number of rotatable bonds is 1. The van der Waals surface area contributed by atoms with Gasteiger partial charge in [0, 0.05) is 11.4 Å². The quantitative estimate of drug-likeness (QED) is 0.405. The second kappa shape index (κ2) is 3.17. The average Bonchev–Trinajstić information content (AvgIpc) is 2.11. The van der Waals surface area contributed by atoms with Gasteiger partial charge in [-0.25, -0.2) is 0 Å². The Bertz CT molecular complexity index is 384. The predicted octanol–water partition coefficient (Wildman–Crippen LogP) is 1.68. The molecule has 5 heteroatoms. The fraction of sp³-hybridized carbons (Fsp3) is 0.333. The van der Waals surface area contributed by atoms with Crippen molar-refractivity contribution in [2.24, 2.45) is 0 Å². The number of nitrogens with two attached hydrogens (primary N) is 2. The molecule has 5 nitrogen and oxygen atoms in total. The third kappa shape index (κ3) is 1.26. The smallest absolute Gasteiger partial charge is 0.279 e. The lowest BCUT2D eigenvalue weighted by atomic mass is 10.00. The summed E-state index contributed by atoms with van der Waals surface area (Å²) in [5, 5.41) is 10.8. The maximum absolute atomic E-state index is 10.8. The molecule has 0 bridgehead atoms. The molecule has 0 radical (unpaired) electrons. The fourth-order valence-corrected chi connectivity index (χ4v) is 1.52. The molecule has 1 aromatic rings. The molecule has 76 valence electrons. The summed E-state index contributed by atoms with van der Waals surface area (Å²) in [5.74, 6) is 0. The number of hydrogen-bond acceptors (Lipinski definition) is 4. The Hall–Kier alpha value is -1.78. The molecule has 0 aliphatic rings. The Morgan fingerprint density at radius 2 is 1.36 bits per heavy atom. The van der Waals surface area contributed by atoms with Gasteiger partial charge in [0.05, 0.1) is 16.1 Å². The van der Waals surface area contributed by atoms with Crippen LogP contribution < -0.4 is 11.5 Å². The van der Waals surface area contributed by atoms with E-state index < -0.39 is 4.92 Å². The Morgan fingerprint density at radius 3 is 1.64 bits per heavy atom. The summed E-state index contributed by atoms with van der Waals surface area (Å²) in [5.41, 5.74) is 13.9. The van der Waals surface area contributed by atoms with Crippen molar-refractivity contribution < 1.29 is 4.92 Å². The minimum absolute atomic E-state index is 0.0191. The number of nitrogen functional groups attached to an aromatic ring is 2. The van der Waals surface area contributed by atoms with E-state index in [4.69, 9.17) is 11.5 Å². The van der Waals surface area contributed by atoms with Crippen molar-refractivity contribution in [1.29, 1.82) is 0 Å². The first-order valence-electron chi connectivity index (χ1n) is 4.17. The number of nitrogens with zero attached hydrogens (tertiary/aromatic N) is 1. The van der Waals surface area contributed by atoms with Crippen LogP contribution in [-0.2, 0) is 0 Å². The van der Waals surface area contributed by atoms with Crippen LogP contribution in [-0.4, -0.2) is 4.92 Å². The van der Waals surface area contributed by atoms with E-state index in [2.05, 4.69) is 0 Å². The molecule has 0 unspecified atom stereocenters. The summed E-state index contributed by atoms with van der Waals surface area (Å²) in [6.07, 6.45) is 0. The van der Waals surface area contributed by atoms with Gasteiger partial charge >= 0.3 is 0 Å². The average molecular weight is 195 g/mol. The van der Waals surface area contributed by atoms with Gasteiger partial charge in [-0.15, -0.1) is 0 Å². The molecule has 0 aromatic heterocycles. The number of hydrogen-bond donors (Lipinski definition) is 2. The summed E-state index contributed by atoms with van der Waals surface area (Å²) < 4.78 is 0. The highest BCUT2D eigenvalue weighted by Gasteiger charge is 2.21. The number of nitro groups is 1. The maximum atomic E-state index is 10.8. The van der Waals surface area contributed by atoms with Crippen molar-refractivity contribution in [3.05, 3.63) is 26.8 Å². The normalized spacial score (nSPS) is 10.2. The second-order valence-electron chi connectivity index (χ2n) is 3.31. The standard InChI is InChI=1S/C9H13N3O2/c1-4-7(10)5(2)9(12(13)14)6(3)8(4)11/h10-11H2,1-3H3. The molecule has 1 rings (SSSR count). The topological polar surface area (TPSA) is 95.2 Å². The highest BCUT2D eigenvalue weighted by atomic mass is 16.6. The van der Waals surface area contributed by atoms with Crippen molar-refractivity contribution >= 4 is 17.1 Å². The van der Waals surface area contributed by atoms with Crippen molar-refractivity contribution in [3.8, 4) is 0 Å². The predicted molar refractivity (Wildman–Crippen MR) is 56.1 cm³/mol. The summed E-state index contributed by atoms with van der Waals surface area (Å²) in [6, 6.07) is 0. The van der Waals surface area contributed by atoms with Crippen molar-refractivity contribution in [1.82, 2.24) is 0 Å². The molecule has 0 aliphatic carbocycles. The monoisotopic (exact) mass is 195 g/mol. The Balaban J connectivity index is 3.68. The molecular formula is C9H13N3O2. The van der Waals surface area contributed by atoms with Gasteiger partial charge in [-0.1, -0.05) is 0 Å². The lowest BCUT2D eigenvalue weighted by Gasteiger charge is -2.11. The van der Waals surface area contributed by atoms with E-state index in [1.807, 2.05) is 0 Å². The Morgan fingerprint density at radius 1 is 1.00 bits per heavy atom. The SMILES string of the molecule is Cc1c(N)c(C)c([N+](=O)[O-])c(C)c1N. The van der Waals surface area contributed by atoms with E-state index >= 15 is 0 Å². The molecule has 0 saturated heterocycles. The van der Waals surface area contributed by atoms with Crippen molar-refractivity contribution in [3.63, 3.8) is 0 Å². The lowest BCUT2D eigenvalue weighted by molar-refractivity contribution is -0.385. The summed E-state index contributed by atoms with van der Waals surface area (Å²) in [7, 11) is 0. The number of benzene rings is 1. The van der Waals surface area contributed by atoms with Crippen LogP contribution in [0.4, 0.5) is 17.1 Å². The third-order valence-corrected chi connectivity index (χ3v) is 2.51. The molecule has 1 aromatic carbocycles. The van der Waals surface area contributed by atoms with E-state index in [1.165, 1.54) is 0 Å². The molecule has 0 atom stereocenters. The molecule has 0 amide bonds. The molecular weight excluding hydrogens is 182 g/mol. The van der Waals surface area contributed by atoms with Gasteiger partial charge in [-0.2, -0.15) is 0 Å². The fourth-order valence-electron chi connectivity index (χ4n) is 1.52. The zero-order valence-corrected chi connectivity index (χ0v) is 8.42. The van der Waals surface area contributed by atoms with Crippen LogP contribution in [0.25, 0.3) is 0 Å². The number of anilines is 2. The van der Waals surface area contributed by atoms with E-state index in [0.717, 1.165) is 0 Å². The molecule has 4 N–H and O–H groups in total. The highest BCUT2D eigenvalue weighted by Crippen LogP contribution is 2.35. The first-order valence-corrected chi connectivity index (χ1v) is 4.17. The molecule has 0 aliphatic heterocycles. The minimum Gasteiger partial charge on any atom is -0.398 e. The van der Waals surface area contributed by atoms with E-state index in [1.54, 1.807) is 20.8 Å². The zero-order valence-electron chi connectivity index (χ0n) is 8.42. The van der Waals surface area contributed by atoms with Crippen molar-refractivity contribution in [2.45, 2.75) is 20.8 Å². The summed E-state index contributed by atoms with van der Waals surface area (Å²) in [4.78, 5) is 10.3. The van der Waals surface area contributed by atoms with Gasteiger partial charge in [-0.05, 0) is 26.3 Å². The van der Waals surface area contributed by atoms with Crippen LogP contribution in [0.5, 0.6) is 0 Å². The van der Waals surface area contributed by atoms with Gasteiger partial charge in [0.1, 0.15) is 0 Å². The Kier molecular flexibility index (Phi) is 2.33. The second-order valence-corrected chi connectivity index (χ2v) is 3.31. The van der Waals surface area contributed by atoms with Crippen LogP contribution in [0.15, 0.2) is 0 Å². The van der Waals surface area contributed by atoms with Crippen LogP contribution in [0, 0.1) is 30.9 Å². The van der Waals surface area contributed by atoms with E-state index in [0.29, 0.717) is 28.1 Å². The largest absolute Gasteiger partial charge is 0.398 e. The zero-order chi connectivity index (χ0) is 11.0. The van der Waals surface area contributed by atoms with Crippen LogP contribution in [0.2, 0.25) is 0 Å². The molecule has 0 saturated carbocycles. The van der Waals surface area contributed by atoms with Gasteiger partial charge in [0.15, 0.2) is 0 Å². The van der Waals surface area contributed by atoms with Gasteiger partial charge in [0.2, 0.25) is 0 Å². The van der Waals surface area contributed by atoms with E-state index in [9.17, 15) is 10.1 Å². The first-order chi connectivity index (χ1) is 6.37. The van der Waals surface area contributed by atoms with Gasteiger partial charge < -0.3 is 11.5 Å². The summed E-state index contributed by atoms with van der Waals surface area (Å²) >= 11 is 0. The molecule has 14 heavy (non-hydrogen) atoms. The van der Waals surface area contributed by atoms with Gasteiger partial charge in [0.25, 0.3) is 5.69 Å². The van der Waals surface area contributed by atoms with Crippen LogP contribution in [0.1, 0.15) is 16.7 Å². The third-order valence-electron chi connectivity index (χ3n) is 2.51. The van der Waals surface area contributed by atoms with Gasteiger partial charge in [-0.3, -0.25) is 10.1 Å². The highest BCUT2D eigenvalue weighted by molar-refractivity contribution is 5.75. The Labute approximate surface area is 81.9 Å². The first kappa shape index (κ1) is 10.3. The summed E-state index contributed by atoms with van der Waals surface area (Å²) in [6.45, 7) is 5.02. The van der Waals surface area contributed by atoms with Crippen LogP contribution >= 0.6 is 0 Å². The van der Waals surface area contributed by atoms with E-state index in [-0.39, 0.29) is 5.69 Å².